The maximum atomic E-state index is 9.59. The minimum atomic E-state index is -0.866. The summed E-state index contributed by atoms with van der Waals surface area (Å²) in [5, 5.41) is 0.178. The first-order chi connectivity index (χ1) is 34.8. The van der Waals surface area contributed by atoms with Crippen molar-refractivity contribution in [2.75, 3.05) is 0 Å². The molecule has 0 unspecified atom stereocenters. The molecule has 3 aromatic heterocycles. The van der Waals surface area contributed by atoms with Crippen molar-refractivity contribution in [1.82, 2.24) is 9.97 Å². The second-order valence-electron chi connectivity index (χ2n) is 10.7. The molecule has 0 amide bonds. The summed E-state index contributed by atoms with van der Waals surface area (Å²) in [5.74, 6) is 0. The Labute approximate surface area is 331 Å². The molecule has 0 aliphatic carbocycles. The summed E-state index contributed by atoms with van der Waals surface area (Å²) in [6.07, 6.45) is 1.12. The van der Waals surface area contributed by atoms with Gasteiger partial charge in [-0.15, -0.1) is 22.7 Å². The Morgan fingerprint density at radius 1 is 0.420 bits per heavy atom. The van der Waals surface area contributed by atoms with Gasteiger partial charge in [-0.3, -0.25) is 0 Å². The fourth-order valence-electron chi connectivity index (χ4n) is 5.55. The molecule has 4 heteroatoms. The van der Waals surface area contributed by atoms with Crippen LogP contribution in [0.15, 0.2) is 170 Å². The highest BCUT2D eigenvalue weighted by Crippen LogP contribution is 2.43. The smallest absolute Gasteiger partial charge is 0.116 e. The average molecular weight is 697 g/mol. The van der Waals surface area contributed by atoms with Gasteiger partial charge in [0.1, 0.15) is 6.33 Å². The Bertz CT molecular complexity index is 4200. The molecule has 0 radical (unpaired) electrons. The number of nitrogens with zero attached hydrogens (tertiary/aromatic N) is 2. The van der Waals surface area contributed by atoms with Crippen LogP contribution in [-0.2, 0) is 0 Å². The molecule has 50 heavy (non-hydrogen) atoms. The molecule has 0 aliphatic heterocycles. The van der Waals surface area contributed by atoms with Gasteiger partial charge in [-0.25, -0.2) is 9.97 Å². The Kier molecular flexibility index (Phi) is 3.27. The third kappa shape index (κ3) is 4.92. The van der Waals surface area contributed by atoms with E-state index < -0.39 is 167 Å². The Hall–Kier alpha value is -5.94. The minimum absolute atomic E-state index is 0.00202. The lowest BCUT2D eigenvalue weighted by Gasteiger charge is -2.08. The maximum absolute atomic E-state index is 9.59. The van der Waals surface area contributed by atoms with Crippen LogP contribution < -0.4 is 0 Å². The lowest BCUT2D eigenvalue weighted by molar-refractivity contribution is 1.24. The molecule has 3 heterocycles. The molecule has 7 aromatic carbocycles. The molecule has 0 spiro atoms. The summed E-state index contributed by atoms with van der Waals surface area (Å²) in [7, 11) is 0. The Balaban J connectivity index is 1.16. The van der Waals surface area contributed by atoms with Crippen LogP contribution in [0.4, 0.5) is 0 Å². The van der Waals surface area contributed by atoms with E-state index in [4.69, 9.17) is 28.8 Å². The fourth-order valence-corrected chi connectivity index (χ4v) is 7.76. The lowest BCUT2D eigenvalue weighted by atomic mass is 9.97. The standard InChI is InChI=1S/C46H28N2S2/c1-2-9-29(10-3-1)32-11-6-12-33(25-32)30-19-21-31(22-20-30)34-23-24-42-40(27-34)44-46(50-42)43(47-28-48-44)36-14-7-13-35(26-36)37-16-8-17-39-38-15-4-5-18-41(38)49-45(37)39/h1-28H/i1D,2D,3D,4D,5D,6D,7D,8D,9D,10D,11D,12D,13D,14D,15D,16D,17D,18D,19D,20D,21D,22D,25D,26D. The summed E-state index contributed by atoms with van der Waals surface area (Å²) in [4.78, 5) is 8.92. The topological polar surface area (TPSA) is 25.8 Å². The van der Waals surface area contributed by atoms with Gasteiger partial charge in [0.2, 0.25) is 0 Å². The van der Waals surface area contributed by atoms with Crippen LogP contribution in [0.5, 0.6) is 0 Å². The van der Waals surface area contributed by atoms with E-state index in [0.717, 1.165) is 29.0 Å². The minimum Gasteiger partial charge on any atom is -0.235 e. The van der Waals surface area contributed by atoms with Crippen LogP contribution in [0, 0.1) is 0 Å². The van der Waals surface area contributed by atoms with Gasteiger partial charge in [-0.05, 0) is 74.8 Å². The van der Waals surface area contributed by atoms with E-state index in [1.54, 1.807) is 6.07 Å². The molecule has 10 aromatic rings. The number of benzene rings is 7. The predicted octanol–water partition coefficient (Wildman–Crippen LogP) is 13.5. The van der Waals surface area contributed by atoms with Crippen LogP contribution in [0.2, 0.25) is 0 Å². The maximum Gasteiger partial charge on any atom is 0.116 e. The molecule has 0 aliphatic rings. The van der Waals surface area contributed by atoms with E-state index in [2.05, 4.69) is 9.97 Å². The van der Waals surface area contributed by atoms with Crippen LogP contribution >= 0.6 is 22.7 Å². The summed E-state index contributed by atoms with van der Waals surface area (Å²) in [5.41, 5.74) is -3.41. The van der Waals surface area contributed by atoms with Gasteiger partial charge in [0.05, 0.1) is 48.8 Å². The Morgan fingerprint density at radius 2 is 1.04 bits per heavy atom. The van der Waals surface area contributed by atoms with Gasteiger partial charge < -0.3 is 0 Å². The van der Waals surface area contributed by atoms with Gasteiger partial charge in [0, 0.05) is 35.8 Å². The monoisotopic (exact) mass is 696 g/mol. The van der Waals surface area contributed by atoms with E-state index in [1.165, 1.54) is 12.1 Å². The predicted molar refractivity (Wildman–Crippen MR) is 215 cm³/mol. The van der Waals surface area contributed by atoms with Crippen LogP contribution in [0.25, 0.3) is 96.2 Å². The number of hydrogen-bond acceptors (Lipinski definition) is 4. The summed E-state index contributed by atoms with van der Waals surface area (Å²) >= 11 is 1.87. The highest BCUT2D eigenvalue weighted by atomic mass is 32.1. The van der Waals surface area contributed by atoms with Gasteiger partial charge >= 0.3 is 0 Å². The van der Waals surface area contributed by atoms with Crippen molar-refractivity contribution < 1.29 is 32.9 Å². The third-order valence-electron chi connectivity index (χ3n) is 7.84. The second kappa shape index (κ2) is 11.9. The van der Waals surface area contributed by atoms with E-state index in [0.29, 0.717) is 10.1 Å². The van der Waals surface area contributed by atoms with E-state index in [-0.39, 0.29) is 63.9 Å². The van der Waals surface area contributed by atoms with Crippen molar-refractivity contribution in [2.45, 2.75) is 0 Å². The zero-order valence-electron chi connectivity index (χ0n) is 49.0. The lowest BCUT2D eigenvalue weighted by Crippen LogP contribution is -1.87. The zero-order chi connectivity index (χ0) is 53.9. The van der Waals surface area contributed by atoms with Crippen molar-refractivity contribution in [3.8, 4) is 55.8 Å². The van der Waals surface area contributed by atoms with Crippen LogP contribution in [-0.4, -0.2) is 9.97 Å². The second-order valence-corrected chi connectivity index (χ2v) is 12.8. The first-order valence-electron chi connectivity index (χ1n) is 26.8. The SMILES string of the molecule is [2H]c1c([2H])c([2H])c(-c2c([2H])c([2H])c([2H])c(-c3c([2H])c([2H])c(-c4ccc5sc6c(-c7c([2H])c([2H])c([2H])c(-c8c([2H])c([2H])c([2H])c9c8sc8c([2H])c([2H])c([2H])c([2H])c89)c7[2H])ncnc6c5c4)c([2H])c3[2H])c2[2H])c([2H])c1[2H]. The molecule has 2 nitrogen and oxygen atoms in total. The quantitative estimate of drug-likeness (QED) is 0.179. The molecule has 0 fully saturated rings. The van der Waals surface area contributed by atoms with E-state index in [1.807, 2.05) is 0 Å². The number of rotatable bonds is 5. The fraction of sp³-hybridized carbons (Fsp3) is 0. The summed E-state index contributed by atoms with van der Waals surface area (Å²) in [6.45, 7) is 0. The highest BCUT2D eigenvalue weighted by molar-refractivity contribution is 7.26. The van der Waals surface area contributed by atoms with Crippen molar-refractivity contribution in [1.29, 1.82) is 0 Å². The van der Waals surface area contributed by atoms with Crippen molar-refractivity contribution in [3.63, 3.8) is 0 Å². The van der Waals surface area contributed by atoms with Gasteiger partial charge in [0.25, 0.3) is 0 Å². The molecule has 0 N–H and O–H groups in total. The molecule has 0 saturated carbocycles. The van der Waals surface area contributed by atoms with Gasteiger partial charge in [-0.2, -0.15) is 0 Å². The number of thiophene rings is 2. The third-order valence-corrected chi connectivity index (χ3v) is 10.1. The normalized spacial score (nSPS) is 18.3. The number of aromatic nitrogens is 2. The summed E-state index contributed by atoms with van der Waals surface area (Å²) < 4.78 is 211. The van der Waals surface area contributed by atoms with Crippen molar-refractivity contribution in [2.24, 2.45) is 0 Å². The molecule has 0 saturated heterocycles. The molecule has 0 atom stereocenters. The van der Waals surface area contributed by atoms with E-state index in [9.17, 15) is 4.11 Å². The molecular weight excluding hydrogens is 645 g/mol. The van der Waals surface area contributed by atoms with E-state index >= 15 is 0 Å². The largest absolute Gasteiger partial charge is 0.235 e. The van der Waals surface area contributed by atoms with Crippen molar-refractivity contribution in [3.05, 3.63) is 170 Å². The first kappa shape index (κ1) is 13.8. The first-order valence-corrected chi connectivity index (χ1v) is 16.4. The van der Waals surface area contributed by atoms with Crippen LogP contribution in [0.3, 0.4) is 0 Å². The molecular formula is C46H28N2S2. The molecule has 234 valence electrons. The Morgan fingerprint density at radius 3 is 1.88 bits per heavy atom. The van der Waals surface area contributed by atoms with Gasteiger partial charge in [0.15, 0.2) is 0 Å². The average Bonchev–Trinajstić information content (AvgIpc) is 3.96. The van der Waals surface area contributed by atoms with Crippen molar-refractivity contribution >= 4 is 63.1 Å². The number of hydrogen-bond donors (Lipinski definition) is 0. The zero-order valence-corrected chi connectivity index (χ0v) is 26.7. The molecule has 10 rings (SSSR count). The summed E-state index contributed by atoms with van der Waals surface area (Å²) in [6, 6.07) is -12.0. The number of fused-ring (bicyclic) bond motifs is 6. The molecule has 0 bridgehead atoms. The van der Waals surface area contributed by atoms with Crippen LogP contribution in [0.1, 0.15) is 32.9 Å². The van der Waals surface area contributed by atoms with Gasteiger partial charge in [-0.1, -0.05) is 133 Å². The highest BCUT2D eigenvalue weighted by Gasteiger charge is 2.16.